The number of halogens is 1. The fraction of sp³-hybridized carbons (Fsp3) is 0.333. The summed E-state index contributed by atoms with van der Waals surface area (Å²) in [5, 5.41) is 16.7. The third-order valence-corrected chi connectivity index (χ3v) is 8.24. The van der Waals surface area contributed by atoms with Crippen LogP contribution in [0.3, 0.4) is 0 Å². The molecule has 1 fully saturated rings. The third-order valence-electron chi connectivity index (χ3n) is 7.94. The van der Waals surface area contributed by atoms with E-state index in [2.05, 4.69) is 10.6 Å². The first-order valence-electron chi connectivity index (χ1n) is 14.6. The van der Waals surface area contributed by atoms with E-state index < -0.39 is 5.92 Å². The van der Waals surface area contributed by atoms with Crippen LogP contribution in [0.1, 0.15) is 35.2 Å². The van der Waals surface area contributed by atoms with E-state index in [0.29, 0.717) is 66.5 Å². The fourth-order valence-corrected chi connectivity index (χ4v) is 5.83. The number of benzene rings is 3. The molecule has 0 aromatic heterocycles. The van der Waals surface area contributed by atoms with Gasteiger partial charge in [-0.05, 0) is 72.9 Å². The number of fused-ring (bicyclic) bond motifs is 5. The molecule has 0 spiro atoms. The highest BCUT2D eigenvalue weighted by Gasteiger charge is 2.37. The number of hydrogen-bond acceptors (Lipinski definition) is 6. The van der Waals surface area contributed by atoms with Gasteiger partial charge >= 0.3 is 0 Å². The minimum atomic E-state index is -0.614. The van der Waals surface area contributed by atoms with Gasteiger partial charge in [0.05, 0.1) is 24.6 Å². The topological polar surface area (TPSA) is 128 Å². The van der Waals surface area contributed by atoms with Crippen LogP contribution in [0.2, 0.25) is 5.02 Å². The lowest BCUT2D eigenvalue weighted by Crippen LogP contribution is -2.44. The van der Waals surface area contributed by atoms with Crippen LogP contribution in [-0.4, -0.2) is 73.5 Å². The minimum Gasteiger partial charge on any atom is -0.507 e. The Balaban J connectivity index is 1.30. The number of amides is 4. The maximum absolute atomic E-state index is 13.7. The molecule has 2 aliphatic rings. The van der Waals surface area contributed by atoms with Crippen molar-refractivity contribution in [3.05, 3.63) is 76.8 Å². The van der Waals surface area contributed by atoms with Gasteiger partial charge in [0.1, 0.15) is 11.5 Å². The van der Waals surface area contributed by atoms with Gasteiger partial charge in [-0.15, -0.1) is 0 Å². The molecule has 4 amide bonds. The first-order chi connectivity index (χ1) is 21.2. The zero-order valence-corrected chi connectivity index (χ0v) is 25.2. The Bertz CT molecular complexity index is 1580. The number of anilines is 1. The summed E-state index contributed by atoms with van der Waals surface area (Å²) >= 11 is 6.27. The molecular formula is C33H35ClN4O6. The molecule has 5 rings (SSSR count). The van der Waals surface area contributed by atoms with Crippen LogP contribution in [0.25, 0.3) is 11.1 Å². The van der Waals surface area contributed by atoms with Gasteiger partial charge in [-0.2, -0.15) is 0 Å². The van der Waals surface area contributed by atoms with Gasteiger partial charge in [0.2, 0.25) is 17.7 Å². The number of ether oxygens (including phenoxy) is 1. The maximum atomic E-state index is 13.7. The van der Waals surface area contributed by atoms with Crippen LogP contribution in [0.15, 0.2) is 60.7 Å². The summed E-state index contributed by atoms with van der Waals surface area (Å²) in [7, 11) is 1.51. The Morgan fingerprint density at radius 1 is 0.977 bits per heavy atom. The van der Waals surface area contributed by atoms with Crippen molar-refractivity contribution < 1.29 is 29.0 Å². The average Bonchev–Trinajstić information content (AvgIpc) is 3.41. The Labute approximate surface area is 260 Å². The number of aromatic hydroxyl groups is 1. The highest BCUT2D eigenvalue weighted by Crippen LogP contribution is 2.33. The number of nitrogens with one attached hydrogen (secondary N) is 2. The Kier molecular flexibility index (Phi) is 9.69. The maximum Gasteiger partial charge on any atom is 0.251 e. The van der Waals surface area contributed by atoms with Crippen molar-refractivity contribution in [2.45, 2.75) is 25.7 Å². The van der Waals surface area contributed by atoms with Crippen molar-refractivity contribution in [3.8, 4) is 22.6 Å². The molecule has 230 valence electrons. The van der Waals surface area contributed by atoms with Gasteiger partial charge in [-0.1, -0.05) is 29.8 Å². The number of hydrogen-bond donors (Lipinski definition) is 3. The molecule has 1 saturated heterocycles. The predicted molar refractivity (Wildman–Crippen MR) is 167 cm³/mol. The van der Waals surface area contributed by atoms with Crippen molar-refractivity contribution in [1.82, 2.24) is 15.5 Å². The SMILES string of the molecule is COc1ccc(N2CC(C(=O)N3CCCCNC(=O)c4cccc(c4)-c4cc(ccc4O)CCNC(=O)C3)CC2=O)cc1Cl. The molecular weight excluding hydrogens is 584 g/mol. The van der Waals surface area contributed by atoms with Crippen molar-refractivity contribution in [1.29, 1.82) is 0 Å². The van der Waals surface area contributed by atoms with Crippen LogP contribution in [0, 0.1) is 5.92 Å². The van der Waals surface area contributed by atoms with Crippen LogP contribution in [-0.2, 0) is 20.8 Å². The molecule has 3 aromatic rings. The molecule has 11 heteroatoms. The number of nitrogens with zero attached hydrogens (tertiary/aromatic N) is 2. The number of phenols is 1. The van der Waals surface area contributed by atoms with Crippen molar-refractivity contribution in [2.24, 2.45) is 5.92 Å². The monoisotopic (exact) mass is 618 g/mol. The lowest BCUT2D eigenvalue weighted by atomic mass is 9.98. The molecule has 1 atom stereocenters. The summed E-state index contributed by atoms with van der Waals surface area (Å²) < 4.78 is 5.20. The quantitative estimate of drug-likeness (QED) is 0.410. The van der Waals surface area contributed by atoms with E-state index >= 15 is 0 Å². The van der Waals surface area contributed by atoms with E-state index in [9.17, 15) is 24.3 Å². The molecule has 0 radical (unpaired) electrons. The fourth-order valence-electron chi connectivity index (χ4n) is 5.58. The zero-order valence-electron chi connectivity index (χ0n) is 24.5. The normalized spacial score (nSPS) is 18.2. The second kappa shape index (κ2) is 13.8. The van der Waals surface area contributed by atoms with Gasteiger partial charge in [-0.25, -0.2) is 0 Å². The van der Waals surface area contributed by atoms with Crippen LogP contribution >= 0.6 is 11.6 Å². The molecule has 4 bridgehead atoms. The lowest BCUT2D eigenvalue weighted by molar-refractivity contribution is -0.139. The summed E-state index contributed by atoms with van der Waals surface area (Å²) in [5.74, 6) is -1.04. The van der Waals surface area contributed by atoms with E-state index in [1.165, 1.54) is 16.9 Å². The van der Waals surface area contributed by atoms with E-state index in [-0.39, 0.29) is 48.9 Å². The molecule has 0 aliphatic carbocycles. The highest BCUT2D eigenvalue weighted by molar-refractivity contribution is 6.32. The zero-order chi connectivity index (χ0) is 31.2. The largest absolute Gasteiger partial charge is 0.507 e. The minimum absolute atomic E-state index is 0.0267. The molecule has 3 N–H and O–H groups in total. The standard InChI is InChI=1S/C33H35ClN4O6/c1-44-29-10-8-25(18-27(29)34)38-19-24(17-31(38)41)33(43)37-14-3-2-12-36-32(42)23-6-4-5-22(16-23)26-15-21(7-9-28(26)39)11-13-35-30(40)20-37/h4-10,15-16,18,24,39H,2-3,11-14,17,19-20H2,1H3,(H,35,40)(H,36,42). The first kappa shape index (κ1) is 30.9. The molecule has 10 nitrogen and oxygen atoms in total. The second-order valence-electron chi connectivity index (χ2n) is 11.0. The van der Waals surface area contributed by atoms with Gasteiger partial charge in [0.15, 0.2) is 0 Å². The molecule has 1 unspecified atom stereocenters. The van der Waals surface area contributed by atoms with E-state index in [1.807, 2.05) is 12.1 Å². The Hall–Kier alpha value is -4.57. The van der Waals surface area contributed by atoms with E-state index in [1.54, 1.807) is 48.5 Å². The van der Waals surface area contributed by atoms with Crippen LogP contribution < -0.4 is 20.3 Å². The number of rotatable bonds is 3. The number of carbonyl (C=O) groups is 4. The second-order valence-corrected chi connectivity index (χ2v) is 11.4. The van der Waals surface area contributed by atoms with E-state index in [0.717, 1.165) is 11.1 Å². The summed E-state index contributed by atoms with van der Waals surface area (Å²) in [6, 6.07) is 17.3. The Morgan fingerprint density at radius 2 is 1.80 bits per heavy atom. The van der Waals surface area contributed by atoms with Crippen molar-refractivity contribution in [3.63, 3.8) is 0 Å². The van der Waals surface area contributed by atoms with Gasteiger partial charge in [-0.3, -0.25) is 19.2 Å². The van der Waals surface area contributed by atoms with Crippen LogP contribution in [0.4, 0.5) is 5.69 Å². The summed E-state index contributed by atoms with van der Waals surface area (Å²) in [5.41, 5.74) is 3.26. The third kappa shape index (κ3) is 7.14. The molecule has 0 saturated carbocycles. The van der Waals surface area contributed by atoms with Crippen molar-refractivity contribution >= 4 is 40.9 Å². The lowest BCUT2D eigenvalue weighted by Gasteiger charge is -2.25. The van der Waals surface area contributed by atoms with Crippen molar-refractivity contribution in [2.75, 3.05) is 44.7 Å². The number of carbonyl (C=O) groups excluding carboxylic acids is 4. The summed E-state index contributed by atoms with van der Waals surface area (Å²) in [4.78, 5) is 55.5. The summed E-state index contributed by atoms with van der Waals surface area (Å²) in [6.45, 7) is 1.05. The van der Waals surface area contributed by atoms with Gasteiger partial charge in [0, 0.05) is 49.4 Å². The average molecular weight is 619 g/mol. The van der Waals surface area contributed by atoms with Gasteiger partial charge < -0.3 is 30.3 Å². The molecule has 3 aromatic carbocycles. The first-order valence-corrected chi connectivity index (χ1v) is 15.0. The molecule has 2 heterocycles. The van der Waals surface area contributed by atoms with E-state index in [4.69, 9.17) is 16.3 Å². The Morgan fingerprint density at radius 3 is 2.59 bits per heavy atom. The van der Waals surface area contributed by atoms with Gasteiger partial charge in [0.25, 0.3) is 5.91 Å². The number of methoxy groups -OCH3 is 1. The highest BCUT2D eigenvalue weighted by atomic mass is 35.5. The predicted octanol–water partition coefficient (Wildman–Crippen LogP) is 3.79. The molecule has 44 heavy (non-hydrogen) atoms. The summed E-state index contributed by atoms with van der Waals surface area (Å²) in [6.07, 6.45) is 1.67. The molecule has 2 aliphatic heterocycles. The van der Waals surface area contributed by atoms with Crippen LogP contribution in [0.5, 0.6) is 11.5 Å². The number of phenolic OH excluding ortho intramolecular Hbond substituents is 1. The smallest absolute Gasteiger partial charge is 0.251 e.